The summed E-state index contributed by atoms with van der Waals surface area (Å²) in [5.74, 6) is 0. The lowest BCUT2D eigenvalue weighted by Crippen LogP contribution is -2.22. The van der Waals surface area contributed by atoms with Crippen molar-refractivity contribution in [3.05, 3.63) is 110 Å². The van der Waals surface area contributed by atoms with E-state index in [0.29, 0.717) is 4.53 Å². The highest BCUT2D eigenvalue weighted by atomic mass is 32.1. The molecule has 0 saturated heterocycles. The number of imidazole rings is 1. The third kappa shape index (κ3) is 2.97. The Morgan fingerprint density at radius 2 is 1.69 bits per heavy atom. The predicted octanol–water partition coefficient (Wildman–Crippen LogP) is 5.08. The molecular formula is C27H21N3OS. The number of hydrogen-bond acceptors (Lipinski definition) is 3. The zero-order valence-electron chi connectivity index (χ0n) is 17.9. The van der Waals surface area contributed by atoms with E-state index in [1.54, 1.807) is 4.40 Å². The molecule has 0 fully saturated rings. The van der Waals surface area contributed by atoms with Gasteiger partial charge >= 0.3 is 0 Å². The maximum absolute atomic E-state index is 13.3. The molecular weight excluding hydrogens is 414 g/mol. The van der Waals surface area contributed by atoms with E-state index in [1.165, 1.54) is 28.0 Å². The summed E-state index contributed by atoms with van der Waals surface area (Å²) in [6.07, 6.45) is 4.16. The van der Waals surface area contributed by atoms with Gasteiger partial charge in [0, 0.05) is 29.2 Å². The molecule has 0 aliphatic rings. The molecule has 32 heavy (non-hydrogen) atoms. The van der Waals surface area contributed by atoms with Gasteiger partial charge in [0.2, 0.25) is 0 Å². The first-order valence-electron chi connectivity index (χ1n) is 10.6. The highest BCUT2D eigenvalue weighted by molar-refractivity contribution is 7.15. The summed E-state index contributed by atoms with van der Waals surface area (Å²) in [4.78, 5) is 18.8. The van der Waals surface area contributed by atoms with Crippen LogP contribution in [-0.2, 0) is 6.54 Å². The first kappa shape index (κ1) is 19.0. The molecule has 3 heterocycles. The second-order valence-corrected chi connectivity index (χ2v) is 9.29. The monoisotopic (exact) mass is 435 g/mol. The number of hydrogen-bond donors (Lipinski definition) is 0. The lowest BCUT2D eigenvalue weighted by Gasteiger charge is -2.05. The number of rotatable bonds is 3. The van der Waals surface area contributed by atoms with E-state index in [1.807, 2.05) is 18.2 Å². The Morgan fingerprint density at radius 3 is 2.53 bits per heavy atom. The Morgan fingerprint density at radius 1 is 0.938 bits per heavy atom. The van der Waals surface area contributed by atoms with Crippen molar-refractivity contribution in [2.24, 2.45) is 0 Å². The van der Waals surface area contributed by atoms with Crippen LogP contribution in [-0.4, -0.2) is 14.0 Å². The van der Waals surface area contributed by atoms with Crippen molar-refractivity contribution in [3.8, 4) is 0 Å². The molecule has 0 N–H and O–H groups in total. The van der Waals surface area contributed by atoms with Crippen LogP contribution in [0.2, 0.25) is 0 Å². The molecule has 0 amide bonds. The maximum atomic E-state index is 13.3. The van der Waals surface area contributed by atoms with Gasteiger partial charge in [-0.3, -0.25) is 4.79 Å². The number of aromatic nitrogens is 3. The largest absolute Gasteiger partial charge is 0.342 e. The van der Waals surface area contributed by atoms with Gasteiger partial charge in [-0.1, -0.05) is 59.9 Å². The summed E-state index contributed by atoms with van der Waals surface area (Å²) in [5.41, 5.74) is 7.57. The molecule has 156 valence electrons. The molecule has 0 bridgehead atoms. The number of para-hydroxylation sites is 1. The van der Waals surface area contributed by atoms with E-state index in [-0.39, 0.29) is 5.56 Å². The summed E-state index contributed by atoms with van der Waals surface area (Å²) < 4.78 is 4.71. The SMILES string of the molecule is Cc1cc2nc3s/c(=C\c4cn(Cc5ccccc5)c5ccccc45)c(=O)n3c2cc1C. The van der Waals surface area contributed by atoms with Crippen molar-refractivity contribution >= 4 is 44.3 Å². The summed E-state index contributed by atoms with van der Waals surface area (Å²) in [5, 5.41) is 1.14. The van der Waals surface area contributed by atoms with Gasteiger partial charge in [0.25, 0.3) is 5.56 Å². The molecule has 0 atom stereocenters. The Balaban J connectivity index is 1.54. The van der Waals surface area contributed by atoms with Gasteiger partial charge in [-0.15, -0.1) is 0 Å². The zero-order chi connectivity index (χ0) is 21.8. The molecule has 0 unspecified atom stereocenters. The van der Waals surface area contributed by atoms with Gasteiger partial charge in [0.05, 0.1) is 15.6 Å². The first-order chi connectivity index (χ1) is 15.6. The predicted molar refractivity (Wildman–Crippen MR) is 133 cm³/mol. The van der Waals surface area contributed by atoms with E-state index in [4.69, 9.17) is 4.98 Å². The van der Waals surface area contributed by atoms with Crippen LogP contribution in [0.4, 0.5) is 0 Å². The van der Waals surface area contributed by atoms with Crippen LogP contribution in [0.25, 0.3) is 33.0 Å². The Kier molecular flexibility index (Phi) is 4.26. The van der Waals surface area contributed by atoms with E-state index in [9.17, 15) is 4.79 Å². The van der Waals surface area contributed by atoms with Crippen LogP contribution in [0.5, 0.6) is 0 Å². The molecule has 0 aliphatic heterocycles. The molecule has 0 aliphatic carbocycles. The molecule has 6 rings (SSSR count). The molecule has 0 spiro atoms. The fourth-order valence-corrected chi connectivity index (χ4v) is 5.34. The van der Waals surface area contributed by atoms with Gasteiger partial charge < -0.3 is 4.57 Å². The summed E-state index contributed by atoms with van der Waals surface area (Å²) >= 11 is 1.45. The van der Waals surface area contributed by atoms with E-state index < -0.39 is 0 Å². The van der Waals surface area contributed by atoms with Crippen molar-refractivity contribution in [2.45, 2.75) is 20.4 Å². The van der Waals surface area contributed by atoms with E-state index in [0.717, 1.165) is 39.0 Å². The minimum absolute atomic E-state index is 0.00403. The standard InChI is InChI=1S/C27H21N3OS/c1-17-12-22-24(13-18(17)2)30-26(31)25(32-27(30)28-22)14-20-16-29(15-19-8-4-3-5-9-19)23-11-7-6-10-21(20)23/h3-14,16H,15H2,1-2H3/b25-14-. The van der Waals surface area contributed by atoms with Crippen LogP contribution in [0.1, 0.15) is 22.3 Å². The second-order valence-electron chi connectivity index (χ2n) is 8.29. The fraction of sp³-hybridized carbons (Fsp3) is 0.111. The van der Waals surface area contributed by atoms with Gasteiger partial charge in [0.15, 0.2) is 4.96 Å². The molecule has 6 aromatic rings. The third-order valence-corrected chi connectivity index (χ3v) is 7.12. The van der Waals surface area contributed by atoms with Gasteiger partial charge in [-0.25, -0.2) is 9.38 Å². The van der Waals surface area contributed by atoms with Crippen molar-refractivity contribution in [1.82, 2.24) is 14.0 Å². The average molecular weight is 436 g/mol. The highest BCUT2D eigenvalue weighted by Gasteiger charge is 2.13. The maximum Gasteiger partial charge on any atom is 0.274 e. The van der Waals surface area contributed by atoms with Gasteiger partial charge in [-0.05, 0) is 54.8 Å². The van der Waals surface area contributed by atoms with Crippen LogP contribution in [0.3, 0.4) is 0 Å². The Labute approximate surface area is 188 Å². The lowest BCUT2D eigenvalue weighted by atomic mass is 10.1. The van der Waals surface area contributed by atoms with Crippen molar-refractivity contribution < 1.29 is 0 Å². The number of nitrogens with zero attached hydrogens (tertiary/aromatic N) is 3. The number of thiazole rings is 1. The van der Waals surface area contributed by atoms with Crippen LogP contribution in [0, 0.1) is 13.8 Å². The summed E-state index contributed by atoms with van der Waals surface area (Å²) in [7, 11) is 0. The molecule has 3 aromatic carbocycles. The van der Waals surface area contributed by atoms with Crippen LogP contribution < -0.4 is 10.1 Å². The van der Waals surface area contributed by atoms with Crippen LogP contribution >= 0.6 is 11.3 Å². The normalized spacial score (nSPS) is 12.5. The highest BCUT2D eigenvalue weighted by Crippen LogP contribution is 2.24. The fourth-order valence-electron chi connectivity index (χ4n) is 4.36. The third-order valence-electron chi connectivity index (χ3n) is 6.16. The average Bonchev–Trinajstić information content (AvgIpc) is 3.41. The first-order valence-corrected chi connectivity index (χ1v) is 11.5. The van der Waals surface area contributed by atoms with Crippen molar-refractivity contribution in [1.29, 1.82) is 0 Å². The van der Waals surface area contributed by atoms with Gasteiger partial charge in [0.1, 0.15) is 0 Å². The second kappa shape index (κ2) is 7.18. The number of benzene rings is 3. The smallest absolute Gasteiger partial charge is 0.274 e. The number of aryl methyl sites for hydroxylation is 2. The molecule has 4 nitrogen and oxygen atoms in total. The Hall–Kier alpha value is -3.70. The van der Waals surface area contributed by atoms with E-state index >= 15 is 0 Å². The van der Waals surface area contributed by atoms with Gasteiger partial charge in [-0.2, -0.15) is 0 Å². The molecule has 0 saturated carbocycles. The quantitative estimate of drug-likeness (QED) is 0.389. The lowest BCUT2D eigenvalue weighted by molar-refractivity contribution is 0.836. The van der Waals surface area contributed by atoms with Crippen molar-refractivity contribution in [2.75, 3.05) is 0 Å². The molecule has 5 heteroatoms. The number of fused-ring (bicyclic) bond motifs is 4. The molecule has 3 aromatic heterocycles. The topological polar surface area (TPSA) is 39.3 Å². The van der Waals surface area contributed by atoms with Crippen molar-refractivity contribution in [3.63, 3.8) is 0 Å². The Bertz CT molecular complexity index is 1740. The minimum Gasteiger partial charge on any atom is -0.342 e. The zero-order valence-corrected chi connectivity index (χ0v) is 18.7. The summed E-state index contributed by atoms with van der Waals surface area (Å²) in [6.45, 7) is 4.93. The molecule has 0 radical (unpaired) electrons. The van der Waals surface area contributed by atoms with Crippen LogP contribution in [0.15, 0.2) is 77.7 Å². The minimum atomic E-state index is -0.00403. The summed E-state index contributed by atoms with van der Waals surface area (Å²) in [6, 6.07) is 22.9. The van der Waals surface area contributed by atoms with E-state index in [2.05, 4.69) is 79.2 Å².